The van der Waals surface area contributed by atoms with Crippen LogP contribution >= 0.6 is 0 Å². The van der Waals surface area contributed by atoms with Crippen molar-refractivity contribution in [2.75, 3.05) is 6.54 Å². The molecule has 2 aromatic heterocycles. The molecule has 0 amide bonds. The third kappa shape index (κ3) is 2.28. The summed E-state index contributed by atoms with van der Waals surface area (Å²) in [6.45, 7) is 2.99. The zero-order valence-corrected chi connectivity index (χ0v) is 10.6. The fraction of sp³-hybridized carbons (Fsp3) is 0.583. The first-order chi connectivity index (χ1) is 8.83. The van der Waals surface area contributed by atoms with E-state index >= 15 is 0 Å². The first-order valence-corrected chi connectivity index (χ1v) is 6.35. The molecule has 96 valence electrons. The van der Waals surface area contributed by atoms with Gasteiger partial charge < -0.3 is 4.57 Å². The predicted molar refractivity (Wildman–Crippen MR) is 66.7 cm³/mol. The van der Waals surface area contributed by atoms with Crippen LogP contribution in [-0.2, 0) is 20.1 Å². The Morgan fingerprint density at radius 2 is 2.39 bits per heavy atom. The molecule has 0 spiro atoms. The minimum Gasteiger partial charge on any atom is -0.337 e. The van der Waals surface area contributed by atoms with Crippen molar-refractivity contribution in [3.05, 3.63) is 30.9 Å². The fourth-order valence-corrected chi connectivity index (χ4v) is 2.58. The molecule has 3 rings (SSSR count). The lowest BCUT2D eigenvalue weighted by molar-refractivity contribution is 0.212. The Balaban J connectivity index is 1.66. The van der Waals surface area contributed by atoms with Gasteiger partial charge in [-0.3, -0.25) is 9.58 Å². The second kappa shape index (κ2) is 4.89. The van der Waals surface area contributed by atoms with Gasteiger partial charge in [0.05, 0.1) is 13.1 Å². The van der Waals surface area contributed by atoms with Gasteiger partial charge in [0.1, 0.15) is 18.5 Å². The lowest BCUT2D eigenvalue weighted by Crippen LogP contribution is -2.33. The molecule has 1 unspecified atom stereocenters. The van der Waals surface area contributed by atoms with Gasteiger partial charge in [0, 0.05) is 25.5 Å². The van der Waals surface area contributed by atoms with Crippen LogP contribution in [0.1, 0.15) is 18.7 Å². The monoisotopic (exact) mass is 246 g/mol. The lowest BCUT2D eigenvalue weighted by atomic mass is 10.2. The Morgan fingerprint density at radius 3 is 3.11 bits per heavy atom. The summed E-state index contributed by atoms with van der Waals surface area (Å²) in [5.41, 5.74) is 0. The van der Waals surface area contributed by atoms with Crippen LogP contribution in [0.25, 0.3) is 0 Å². The minimum atomic E-state index is 0.545. The smallest absolute Gasteiger partial charge is 0.137 e. The van der Waals surface area contributed by atoms with E-state index in [9.17, 15) is 0 Å². The highest BCUT2D eigenvalue weighted by Crippen LogP contribution is 2.20. The summed E-state index contributed by atoms with van der Waals surface area (Å²) in [6, 6.07) is 0.545. The van der Waals surface area contributed by atoms with E-state index in [-0.39, 0.29) is 0 Å². The van der Waals surface area contributed by atoms with Crippen LogP contribution in [0.3, 0.4) is 0 Å². The number of imidazole rings is 1. The third-order valence-electron chi connectivity index (χ3n) is 3.63. The highest BCUT2D eigenvalue weighted by atomic mass is 15.3. The number of aromatic nitrogens is 5. The normalized spacial score (nSPS) is 20.6. The molecule has 0 saturated carbocycles. The molecule has 6 heteroatoms. The minimum absolute atomic E-state index is 0.545. The Hall–Kier alpha value is -1.69. The van der Waals surface area contributed by atoms with E-state index in [0.29, 0.717) is 6.04 Å². The average Bonchev–Trinajstić information content (AvgIpc) is 3.06. The van der Waals surface area contributed by atoms with Crippen molar-refractivity contribution in [3.8, 4) is 0 Å². The maximum absolute atomic E-state index is 4.40. The molecule has 1 fully saturated rings. The summed E-state index contributed by atoms with van der Waals surface area (Å²) in [5.74, 6) is 1.13. The van der Waals surface area contributed by atoms with Gasteiger partial charge in [0.25, 0.3) is 0 Å². The number of hydrogen-bond donors (Lipinski definition) is 0. The van der Waals surface area contributed by atoms with E-state index in [2.05, 4.69) is 24.5 Å². The molecule has 1 aliphatic rings. The summed E-state index contributed by atoms with van der Waals surface area (Å²) in [5, 5.41) is 4.19. The summed E-state index contributed by atoms with van der Waals surface area (Å²) >= 11 is 0. The second-order valence-electron chi connectivity index (χ2n) is 4.84. The Labute approximate surface area is 106 Å². The van der Waals surface area contributed by atoms with E-state index < -0.39 is 0 Å². The fourth-order valence-electron chi connectivity index (χ4n) is 2.58. The standard InChI is InChI=1S/C12H18N6/c1-16-6-4-14-12(16)8-17-5-2-3-11(17)7-18-10-13-9-15-18/h4,6,9-11H,2-3,5,7-8H2,1H3. The van der Waals surface area contributed by atoms with Crippen molar-refractivity contribution in [3.63, 3.8) is 0 Å². The van der Waals surface area contributed by atoms with Crippen LogP contribution in [0.5, 0.6) is 0 Å². The molecule has 2 aromatic rings. The van der Waals surface area contributed by atoms with Gasteiger partial charge >= 0.3 is 0 Å². The largest absolute Gasteiger partial charge is 0.337 e. The third-order valence-corrected chi connectivity index (χ3v) is 3.63. The van der Waals surface area contributed by atoms with Gasteiger partial charge in [0.2, 0.25) is 0 Å². The summed E-state index contributed by atoms with van der Waals surface area (Å²) in [4.78, 5) is 10.9. The Morgan fingerprint density at radius 1 is 1.44 bits per heavy atom. The number of aryl methyl sites for hydroxylation is 1. The van der Waals surface area contributed by atoms with E-state index in [1.807, 2.05) is 24.1 Å². The molecule has 3 heterocycles. The van der Waals surface area contributed by atoms with E-state index in [1.165, 1.54) is 12.8 Å². The van der Waals surface area contributed by atoms with Crippen molar-refractivity contribution in [2.24, 2.45) is 7.05 Å². The van der Waals surface area contributed by atoms with Crippen molar-refractivity contribution in [2.45, 2.75) is 32.0 Å². The number of nitrogens with zero attached hydrogens (tertiary/aromatic N) is 6. The molecule has 0 bridgehead atoms. The van der Waals surface area contributed by atoms with Gasteiger partial charge in [-0.15, -0.1) is 0 Å². The molecule has 0 radical (unpaired) electrons. The molecular formula is C12H18N6. The zero-order chi connectivity index (χ0) is 12.4. The van der Waals surface area contributed by atoms with Crippen molar-refractivity contribution < 1.29 is 0 Å². The molecular weight excluding hydrogens is 228 g/mol. The van der Waals surface area contributed by atoms with Crippen LogP contribution in [-0.4, -0.2) is 41.8 Å². The topological polar surface area (TPSA) is 51.8 Å². The molecule has 18 heavy (non-hydrogen) atoms. The molecule has 0 N–H and O–H groups in total. The van der Waals surface area contributed by atoms with Crippen molar-refractivity contribution in [1.29, 1.82) is 0 Å². The van der Waals surface area contributed by atoms with Gasteiger partial charge in [-0.2, -0.15) is 5.10 Å². The van der Waals surface area contributed by atoms with E-state index in [0.717, 1.165) is 25.5 Å². The molecule has 0 aliphatic carbocycles. The Kier molecular flexibility index (Phi) is 3.10. The van der Waals surface area contributed by atoms with Crippen LogP contribution in [0, 0.1) is 0 Å². The summed E-state index contributed by atoms with van der Waals surface area (Å²) in [7, 11) is 2.05. The van der Waals surface area contributed by atoms with Gasteiger partial charge in [-0.05, 0) is 19.4 Å². The highest BCUT2D eigenvalue weighted by molar-refractivity contribution is 4.93. The molecule has 1 atom stereocenters. The Bertz CT molecular complexity index is 488. The first-order valence-electron chi connectivity index (χ1n) is 6.35. The van der Waals surface area contributed by atoms with Crippen LogP contribution in [0.15, 0.2) is 25.0 Å². The highest BCUT2D eigenvalue weighted by Gasteiger charge is 2.25. The van der Waals surface area contributed by atoms with Gasteiger partial charge in [-0.1, -0.05) is 0 Å². The van der Waals surface area contributed by atoms with Crippen molar-refractivity contribution in [1.82, 2.24) is 29.2 Å². The SMILES string of the molecule is Cn1ccnc1CN1CCCC1Cn1cncn1. The molecule has 6 nitrogen and oxygen atoms in total. The predicted octanol–water partition coefficient (Wildman–Crippen LogP) is 0.676. The average molecular weight is 246 g/mol. The maximum Gasteiger partial charge on any atom is 0.137 e. The number of likely N-dealkylation sites (tertiary alicyclic amines) is 1. The second-order valence-corrected chi connectivity index (χ2v) is 4.84. The lowest BCUT2D eigenvalue weighted by Gasteiger charge is -2.23. The van der Waals surface area contributed by atoms with E-state index in [1.54, 1.807) is 12.7 Å². The zero-order valence-electron chi connectivity index (χ0n) is 10.6. The summed E-state index contributed by atoms with van der Waals surface area (Å²) < 4.78 is 4.01. The number of hydrogen-bond acceptors (Lipinski definition) is 4. The maximum atomic E-state index is 4.40. The number of rotatable bonds is 4. The van der Waals surface area contributed by atoms with Gasteiger partial charge in [-0.25, -0.2) is 9.97 Å². The molecule has 1 aliphatic heterocycles. The van der Waals surface area contributed by atoms with Crippen LogP contribution in [0.2, 0.25) is 0 Å². The quantitative estimate of drug-likeness (QED) is 0.796. The first kappa shape index (κ1) is 11.4. The van der Waals surface area contributed by atoms with Crippen LogP contribution < -0.4 is 0 Å². The molecule has 0 aromatic carbocycles. The van der Waals surface area contributed by atoms with E-state index in [4.69, 9.17) is 0 Å². The molecule has 1 saturated heterocycles. The van der Waals surface area contributed by atoms with Crippen LogP contribution in [0.4, 0.5) is 0 Å². The van der Waals surface area contributed by atoms with Gasteiger partial charge in [0.15, 0.2) is 0 Å². The van der Waals surface area contributed by atoms with Crippen molar-refractivity contribution >= 4 is 0 Å². The summed E-state index contributed by atoms with van der Waals surface area (Å²) in [6.07, 6.45) is 9.72.